The van der Waals surface area contributed by atoms with Crippen LogP contribution in [0.2, 0.25) is 0 Å². The molecule has 0 aromatic heterocycles. The van der Waals surface area contributed by atoms with Crippen molar-refractivity contribution in [1.82, 2.24) is 15.5 Å². The van der Waals surface area contributed by atoms with Gasteiger partial charge in [-0.1, -0.05) is 0 Å². The average Bonchev–Trinajstić information content (AvgIpc) is 3.38. The van der Waals surface area contributed by atoms with E-state index in [1.807, 2.05) is 0 Å². The second kappa shape index (κ2) is 8.15. The van der Waals surface area contributed by atoms with Crippen molar-refractivity contribution in [2.45, 2.75) is 82.7 Å². The van der Waals surface area contributed by atoms with Gasteiger partial charge in [-0.05, 0) is 94.3 Å². The molecule has 6 aliphatic rings. The van der Waals surface area contributed by atoms with Crippen molar-refractivity contribution in [2.75, 3.05) is 19.6 Å². The van der Waals surface area contributed by atoms with Crippen LogP contribution in [0.15, 0.2) is 0 Å². The van der Waals surface area contributed by atoms with E-state index in [0.29, 0.717) is 31.0 Å². The molecule has 0 unspecified atom stereocenters. The molecule has 6 heteroatoms. The van der Waals surface area contributed by atoms with Crippen LogP contribution in [0, 0.1) is 40.4 Å². The first kappa shape index (κ1) is 20.3. The van der Waals surface area contributed by atoms with Crippen LogP contribution in [-0.2, 0) is 9.59 Å². The van der Waals surface area contributed by atoms with Gasteiger partial charge in [-0.2, -0.15) is 5.26 Å². The van der Waals surface area contributed by atoms with Crippen LogP contribution in [0.25, 0.3) is 0 Å². The zero-order valence-corrected chi connectivity index (χ0v) is 18.1. The van der Waals surface area contributed by atoms with Gasteiger partial charge >= 0.3 is 0 Å². The Balaban J connectivity index is 1.05. The zero-order valence-electron chi connectivity index (χ0n) is 18.1. The van der Waals surface area contributed by atoms with Gasteiger partial charge in [0.25, 0.3) is 0 Å². The summed E-state index contributed by atoms with van der Waals surface area (Å²) < 4.78 is 0. The maximum absolute atomic E-state index is 13.2. The van der Waals surface area contributed by atoms with Crippen molar-refractivity contribution in [1.29, 1.82) is 5.26 Å². The molecular weight excluding hydrogens is 376 g/mol. The molecule has 2 N–H and O–H groups in total. The molecule has 0 radical (unpaired) electrons. The third-order valence-corrected chi connectivity index (χ3v) is 8.88. The summed E-state index contributed by atoms with van der Waals surface area (Å²) >= 11 is 0. The lowest BCUT2D eigenvalue weighted by atomic mass is 9.49. The Bertz CT molecular complexity index is 694. The first-order valence-electron chi connectivity index (χ1n) is 12.3. The average molecular weight is 413 g/mol. The molecule has 0 aromatic rings. The van der Waals surface area contributed by atoms with Crippen molar-refractivity contribution in [2.24, 2.45) is 29.1 Å². The molecule has 1 saturated heterocycles. The lowest BCUT2D eigenvalue weighted by Crippen LogP contribution is -2.54. The number of carbonyl (C=O) groups excluding carboxylic acids is 2. The van der Waals surface area contributed by atoms with Crippen LogP contribution in [-0.4, -0.2) is 48.4 Å². The third kappa shape index (κ3) is 3.86. The summed E-state index contributed by atoms with van der Waals surface area (Å²) in [5.41, 5.74) is -0.0512. The molecule has 30 heavy (non-hydrogen) atoms. The zero-order chi connectivity index (χ0) is 20.7. The molecule has 2 amide bonds. The fourth-order valence-corrected chi connectivity index (χ4v) is 7.79. The Morgan fingerprint density at radius 2 is 1.70 bits per heavy atom. The van der Waals surface area contributed by atoms with E-state index in [1.54, 1.807) is 4.90 Å². The summed E-state index contributed by atoms with van der Waals surface area (Å²) in [6, 6.07) is 2.35. The Kier molecular flexibility index (Phi) is 5.51. The minimum absolute atomic E-state index is 0.0512. The summed E-state index contributed by atoms with van der Waals surface area (Å²) in [5.74, 6) is 3.30. The Morgan fingerprint density at radius 1 is 1.00 bits per heavy atom. The summed E-state index contributed by atoms with van der Waals surface area (Å²) in [6.45, 7) is 1.83. The first-order valence-corrected chi connectivity index (χ1v) is 12.3. The van der Waals surface area contributed by atoms with E-state index < -0.39 is 0 Å². The van der Waals surface area contributed by atoms with E-state index in [2.05, 4.69) is 16.7 Å². The van der Waals surface area contributed by atoms with E-state index >= 15 is 0 Å². The van der Waals surface area contributed by atoms with Crippen molar-refractivity contribution < 1.29 is 9.59 Å². The fourth-order valence-electron chi connectivity index (χ4n) is 7.79. The van der Waals surface area contributed by atoms with Crippen molar-refractivity contribution in [3.63, 3.8) is 0 Å². The van der Waals surface area contributed by atoms with E-state index in [9.17, 15) is 14.9 Å². The molecule has 5 aliphatic carbocycles. The summed E-state index contributed by atoms with van der Waals surface area (Å²) in [5, 5.41) is 15.9. The number of rotatable bonds is 6. The molecule has 3 atom stereocenters. The van der Waals surface area contributed by atoms with Crippen molar-refractivity contribution >= 4 is 11.8 Å². The lowest BCUT2D eigenvalue weighted by molar-refractivity contribution is -0.146. The van der Waals surface area contributed by atoms with Gasteiger partial charge in [0.2, 0.25) is 11.8 Å². The number of nitrogens with zero attached hydrogens (tertiary/aromatic N) is 2. The number of likely N-dealkylation sites (tertiary alicyclic amines) is 1. The van der Waals surface area contributed by atoms with Gasteiger partial charge in [0.1, 0.15) is 6.04 Å². The second-order valence-electron chi connectivity index (χ2n) is 11.0. The minimum atomic E-state index is -0.240. The van der Waals surface area contributed by atoms with E-state index in [4.69, 9.17) is 0 Å². The molecule has 6 fully saturated rings. The van der Waals surface area contributed by atoms with Gasteiger partial charge in [-0.15, -0.1) is 0 Å². The smallest absolute Gasteiger partial charge is 0.237 e. The predicted octanol–water partition coefficient (Wildman–Crippen LogP) is 2.59. The minimum Gasteiger partial charge on any atom is -0.355 e. The highest BCUT2D eigenvalue weighted by atomic mass is 16.2. The standard InChI is InChI=1S/C24H36N4O2/c25-13-21-2-1-5-28(21)22(29)15-26-20-4-3-16(9-20)14-27-23(30)24-10-17-6-18(11-24)8-19(7-17)12-24/h16-21,26H,1-12,14-15H2,(H,27,30)/t16-,17?,18?,19?,20+,21-,24?/m0/s1. The van der Waals surface area contributed by atoms with Crippen LogP contribution < -0.4 is 10.6 Å². The number of hydrogen-bond acceptors (Lipinski definition) is 4. The number of nitrogens with one attached hydrogen (secondary N) is 2. The molecule has 1 heterocycles. The summed E-state index contributed by atoms with van der Waals surface area (Å²) in [7, 11) is 0. The largest absolute Gasteiger partial charge is 0.355 e. The summed E-state index contributed by atoms with van der Waals surface area (Å²) in [6.07, 6.45) is 12.4. The number of amides is 2. The van der Waals surface area contributed by atoms with Gasteiger partial charge < -0.3 is 15.5 Å². The van der Waals surface area contributed by atoms with Crippen molar-refractivity contribution in [3.05, 3.63) is 0 Å². The molecule has 6 nitrogen and oxygen atoms in total. The SMILES string of the molecule is N#C[C@@H]1CCCN1C(=O)CN[C@@H]1CC[C@H](CNC(=O)C23CC4CC(CC(C4)C2)C3)C1. The molecular formula is C24H36N4O2. The lowest BCUT2D eigenvalue weighted by Gasteiger charge is -2.55. The van der Waals surface area contributed by atoms with Gasteiger partial charge in [0, 0.05) is 24.5 Å². The quantitative estimate of drug-likeness (QED) is 0.702. The third-order valence-electron chi connectivity index (χ3n) is 8.88. The maximum Gasteiger partial charge on any atom is 0.237 e. The van der Waals surface area contributed by atoms with Gasteiger partial charge in [0.05, 0.1) is 12.6 Å². The van der Waals surface area contributed by atoms with Gasteiger partial charge in [-0.3, -0.25) is 9.59 Å². The number of hydrogen-bond donors (Lipinski definition) is 2. The highest BCUT2D eigenvalue weighted by molar-refractivity contribution is 5.83. The Morgan fingerprint density at radius 3 is 2.37 bits per heavy atom. The van der Waals surface area contributed by atoms with Crippen LogP contribution >= 0.6 is 0 Å². The second-order valence-corrected chi connectivity index (χ2v) is 11.0. The topological polar surface area (TPSA) is 85.2 Å². The monoisotopic (exact) mass is 412 g/mol. The number of nitriles is 1. The molecule has 164 valence electrons. The van der Waals surface area contributed by atoms with Crippen LogP contribution in [0.5, 0.6) is 0 Å². The fraction of sp³-hybridized carbons (Fsp3) is 0.875. The normalized spacial score (nSPS) is 41.8. The summed E-state index contributed by atoms with van der Waals surface area (Å²) in [4.78, 5) is 27.3. The van der Waals surface area contributed by atoms with E-state index in [1.165, 1.54) is 19.3 Å². The molecule has 4 bridgehead atoms. The van der Waals surface area contributed by atoms with Gasteiger partial charge in [0.15, 0.2) is 0 Å². The molecule has 1 aliphatic heterocycles. The predicted molar refractivity (Wildman–Crippen MR) is 113 cm³/mol. The molecule has 5 saturated carbocycles. The number of carbonyl (C=O) groups is 2. The highest BCUT2D eigenvalue weighted by Gasteiger charge is 2.54. The molecule has 6 rings (SSSR count). The van der Waals surface area contributed by atoms with Crippen molar-refractivity contribution in [3.8, 4) is 6.07 Å². The van der Waals surface area contributed by atoms with E-state index in [0.717, 1.165) is 75.7 Å². The maximum atomic E-state index is 13.2. The molecule has 0 spiro atoms. The van der Waals surface area contributed by atoms with E-state index in [-0.39, 0.29) is 17.4 Å². The first-order chi connectivity index (χ1) is 14.5. The van der Waals surface area contributed by atoms with Gasteiger partial charge in [-0.25, -0.2) is 0 Å². The Hall–Kier alpha value is -1.61. The van der Waals surface area contributed by atoms with Crippen LogP contribution in [0.4, 0.5) is 0 Å². The van der Waals surface area contributed by atoms with Crippen LogP contribution in [0.3, 0.4) is 0 Å². The Labute approximate surface area is 180 Å². The van der Waals surface area contributed by atoms with Crippen LogP contribution in [0.1, 0.15) is 70.6 Å². The highest BCUT2D eigenvalue weighted by Crippen LogP contribution is 2.60. The molecule has 0 aromatic carbocycles.